The molecule has 1 aromatic heterocycles. The average molecular weight is 356 g/mol. The van der Waals surface area contributed by atoms with E-state index in [1.165, 1.54) is 6.92 Å². The summed E-state index contributed by atoms with van der Waals surface area (Å²) in [5, 5.41) is 13.6. The van der Waals surface area contributed by atoms with Crippen molar-refractivity contribution in [1.82, 2.24) is 0 Å². The summed E-state index contributed by atoms with van der Waals surface area (Å²) < 4.78 is 5.57. The molecular formula is C22H16N2O3. The smallest absolute Gasteiger partial charge is 0.261 e. The molecule has 3 aromatic carbocycles. The first-order chi connectivity index (χ1) is 13.0. The van der Waals surface area contributed by atoms with Crippen LogP contribution in [0.15, 0.2) is 71.1 Å². The molecule has 0 aliphatic rings. The molecular weight excluding hydrogens is 340 g/mol. The van der Waals surface area contributed by atoms with E-state index in [1.807, 2.05) is 30.3 Å². The van der Waals surface area contributed by atoms with E-state index in [4.69, 9.17) is 9.83 Å². The summed E-state index contributed by atoms with van der Waals surface area (Å²) in [6.07, 6.45) is 0. The van der Waals surface area contributed by atoms with Crippen molar-refractivity contribution in [2.24, 2.45) is 0 Å². The summed E-state index contributed by atoms with van der Waals surface area (Å²) in [6.45, 7) is 1.47. The minimum atomic E-state index is -0.459. The highest BCUT2D eigenvalue weighted by Crippen LogP contribution is 2.25. The van der Waals surface area contributed by atoms with Crippen molar-refractivity contribution in [2.45, 2.75) is 6.92 Å². The summed E-state index contributed by atoms with van der Waals surface area (Å²) in [6, 6.07) is 19.9. The second kappa shape index (κ2) is 6.53. The number of amides is 1. The van der Waals surface area contributed by atoms with Crippen molar-refractivity contribution >= 4 is 39.1 Å². The Morgan fingerprint density at radius 1 is 0.926 bits per heavy atom. The number of carbonyl (C=O) groups excluding carboxylic acids is 2. The van der Waals surface area contributed by atoms with Gasteiger partial charge in [0.2, 0.25) is 5.55 Å². The van der Waals surface area contributed by atoms with Crippen LogP contribution in [0.25, 0.3) is 21.7 Å². The Bertz CT molecular complexity index is 1270. The third-order valence-corrected chi connectivity index (χ3v) is 4.45. The highest BCUT2D eigenvalue weighted by Gasteiger charge is 2.14. The third-order valence-electron chi connectivity index (χ3n) is 4.45. The van der Waals surface area contributed by atoms with E-state index in [2.05, 4.69) is 5.32 Å². The van der Waals surface area contributed by atoms with Gasteiger partial charge in [0.25, 0.3) is 5.91 Å². The number of anilines is 1. The lowest BCUT2D eigenvalue weighted by molar-refractivity contribution is 0.100. The van der Waals surface area contributed by atoms with Gasteiger partial charge in [-0.15, -0.1) is 0 Å². The van der Waals surface area contributed by atoms with Crippen molar-refractivity contribution in [3.63, 3.8) is 0 Å². The van der Waals surface area contributed by atoms with Crippen LogP contribution in [0.1, 0.15) is 27.6 Å². The zero-order chi connectivity index (χ0) is 19.0. The minimum absolute atomic E-state index is 0.0838. The molecule has 1 heterocycles. The predicted molar refractivity (Wildman–Crippen MR) is 104 cm³/mol. The molecule has 132 valence electrons. The number of carbonyl (C=O) groups is 2. The molecule has 27 heavy (non-hydrogen) atoms. The topological polar surface area (TPSA) is 83.2 Å². The normalized spacial score (nSPS) is 10.9. The van der Waals surface area contributed by atoms with Crippen molar-refractivity contribution in [2.75, 3.05) is 5.32 Å². The molecule has 0 aliphatic carbocycles. The molecule has 5 nitrogen and oxygen atoms in total. The zero-order valence-electron chi connectivity index (χ0n) is 14.6. The standard InChI is InChI=1S/C22H16N2O3/c1-13(25)15-6-4-7-16(11-15)24-22(26)19-12-18-17-8-3-2-5-14(17)9-10-20(18)27-21(19)23/h2-12,23H,1H3,(H,24,26). The van der Waals surface area contributed by atoms with Crippen LogP contribution < -0.4 is 10.9 Å². The second-order valence-electron chi connectivity index (χ2n) is 6.28. The average Bonchev–Trinajstić information content (AvgIpc) is 2.67. The van der Waals surface area contributed by atoms with Crippen molar-refractivity contribution in [3.8, 4) is 0 Å². The van der Waals surface area contributed by atoms with Crippen molar-refractivity contribution < 1.29 is 14.0 Å². The molecule has 0 saturated heterocycles. The quantitative estimate of drug-likeness (QED) is 0.418. The van der Waals surface area contributed by atoms with E-state index in [0.717, 1.165) is 16.2 Å². The molecule has 4 aromatic rings. The van der Waals surface area contributed by atoms with E-state index in [0.29, 0.717) is 16.8 Å². The maximum Gasteiger partial charge on any atom is 0.261 e. The number of nitrogens with one attached hydrogen (secondary N) is 2. The lowest BCUT2D eigenvalue weighted by Crippen LogP contribution is -2.21. The maximum atomic E-state index is 12.7. The number of hydrogen-bond acceptors (Lipinski definition) is 4. The monoisotopic (exact) mass is 356 g/mol. The number of rotatable bonds is 3. The molecule has 0 radical (unpaired) electrons. The fourth-order valence-corrected chi connectivity index (χ4v) is 3.07. The molecule has 0 aliphatic heterocycles. The minimum Gasteiger partial charge on any atom is -0.438 e. The first-order valence-electron chi connectivity index (χ1n) is 8.45. The third kappa shape index (κ3) is 3.11. The highest BCUT2D eigenvalue weighted by molar-refractivity contribution is 6.10. The molecule has 4 rings (SSSR count). The Hall–Kier alpha value is -3.73. The molecule has 2 N–H and O–H groups in total. The lowest BCUT2D eigenvalue weighted by Gasteiger charge is -2.08. The van der Waals surface area contributed by atoms with E-state index >= 15 is 0 Å². The van der Waals surface area contributed by atoms with Crippen LogP contribution in [0.5, 0.6) is 0 Å². The van der Waals surface area contributed by atoms with Crippen LogP contribution in [0.3, 0.4) is 0 Å². The molecule has 0 fully saturated rings. The largest absolute Gasteiger partial charge is 0.438 e. The Morgan fingerprint density at radius 2 is 1.74 bits per heavy atom. The van der Waals surface area contributed by atoms with Gasteiger partial charge in [0.05, 0.1) is 0 Å². The Labute approximate surface area is 154 Å². The number of ketones is 1. The first-order valence-corrected chi connectivity index (χ1v) is 8.45. The first kappa shape index (κ1) is 16.7. The van der Waals surface area contributed by atoms with E-state index in [1.54, 1.807) is 36.4 Å². The van der Waals surface area contributed by atoms with Crippen LogP contribution in [0.4, 0.5) is 5.69 Å². The molecule has 0 bridgehead atoms. The van der Waals surface area contributed by atoms with Crippen molar-refractivity contribution in [3.05, 3.63) is 83.4 Å². The summed E-state index contributed by atoms with van der Waals surface area (Å²) in [5.41, 5.74) is 1.47. The van der Waals surface area contributed by atoms with Crippen LogP contribution in [0.2, 0.25) is 0 Å². The van der Waals surface area contributed by atoms with Crippen LogP contribution in [0, 0.1) is 5.41 Å². The zero-order valence-corrected chi connectivity index (χ0v) is 14.6. The van der Waals surface area contributed by atoms with Gasteiger partial charge < -0.3 is 9.73 Å². The molecule has 0 saturated carbocycles. The summed E-state index contributed by atoms with van der Waals surface area (Å²) in [5.74, 6) is -0.543. The SMILES string of the molecule is CC(=O)c1cccc(NC(=O)c2cc3c(ccc4ccccc43)oc2=N)c1. The Kier molecular flexibility index (Phi) is 4.05. The van der Waals surface area contributed by atoms with Gasteiger partial charge in [-0.05, 0) is 42.0 Å². The fourth-order valence-electron chi connectivity index (χ4n) is 3.07. The molecule has 1 amide bonds. The van der Waals surface area contributed by atoms with Gasteiger partial charge in [0.1, 0.15) is 11.1 Å². The van der Waals surface area contributed by atoms with Gasteiger partial charge in [-0.25, -0.2) is 0 Å². The number of fused-ring (bicyclic) bond motifs is 3. The summed E-state index contributed by atoms with van der Waals surface area (Å²) in [7, 11) is 0. The fraction of sp³-hybridized carbons (Fsp3) is 0.0455. The van der Waals surface area contributed by atoms with E-state index in [-0.39, 0.29) is 16.9 Å². The lowest BCUT2D eigenvalue weighted by atomic mass is 10.0. The van der Waals surface area contributed by atoms with Crippen LogP contribution in [-0.4, -0.2) is 11.7 Å². The Morgan fingerprint density at radius 3 is 2.56 bits per heavy atom. The number of benzene rings is 3. The van der Waals surface area contributed by atoms with Gasteiger partial charge in [0, 0.05) is 16.6 Å². The van der Waals surface area contributed by atoms with Gasteiger partial charge in [-0.3, -0.25) is 15.0 Å². The highest BCUT2D eigenvalue weighted by atomic mass is 16.3. The number of hydrogen-bond donors (Lipinski definition) is 2. The van der Waals surface area contributed by atoms with Crippen LogP contribution in [-0.2, 0) is 0 Å². The van der Waals surface area contributed by atoms with Gasteiger partial charge in [0.15, 0.2) is 5.78 Å². The Balaban J connectivity index is 1.78. The van der Waals surface area contributed by atoms with Crippen molar-refractivity contribution in [1.29, 1.82) is 5.41 Å². The summed E-state index contributed by atoms with van der Waals surface area (Å²) >= 11 is 0. The maximum absolute atomic E-state index is 12.7. The molecule has 5 heteroatoms. The van der Waals surface area contributed by atoms with Crippen LogP contribution >= 0.6 is 0 Å². The van der Waals surface area contributed by atoms with E-state index < -0.39 is 5.91 Å². The molecule has 0 spiro atoms. The molecule has 0 atom stereocenters. The molecule has 0 unspecified atom stereocenters. The van der Waals surface area contributed by atoms with E-state index in [9.17, 15) is 9.59 Å². The van der Waals surface area contributed by atoms with Gasteiger partial charge in [-0.1, -0.05) is 42.5 Å². The van der Waals surface area contributed by atoms with Gasteiger partial charge in [-0.2, -0.15) is 0 Å². The number of Topliss-reactive ketones (excluding diaryl/α,β-unsaturated/α-hetero) is 1. The van der Waals surface area contributed by atoms with Gasteiger partial charge >= 0.3 is 0 Å². The summed E-state index contributed by atoms with van der Waals surface area (Å²) in [4.78, 5) is 24.2. The second-order valence-corrected chi connectivity index (χ2v) is 6.28. The predicted octanol–water partition coefficient (Wildman–Crippen LogP) is 4.52.